The average Bonchev–Trinajstić information content (AvgIpc) is 2.57. The van der Waals surface area contributed by atoms with Crippen molar-refractivity contribution >= 4 is 16.0 Å². The third kappa shape index (κ3) is 5.86. The second-order valence-electron chi connectivity index (χ2n) is 6.56. The Morgan fingerprint density at radius 1 is 1.32 bits per heavy atom. The van der Waals surface area contributed by atoms with E-state index in [2.05, 4.69) is 9.62 Å². The maximum absolute atomic E-state index is 12.1. The van der Waals surface area contributed by atoms with E-state index in [1.807, 2.05) is 30.3 Å². The van der Waals surface area contributed by atoms with Gasteiger partial charge in [0.05, 0.1) is 12.1 Å². The highest BCUT2D eigenvalue weighted by Crippen LogP contribution is 2.14. The molecule has 1 saturated heterocycles. The lowest BCUT2D eigenvalue weighted by atomic mass is 10.0. The number of piperidine rings is 1. The molecule has 1 aliphatic heterocycles. The van der Waals surface area contributed by atoms with E-state index in [9.17, 15) is 18.3 Å². The van der Waals surface area contributed by atoms with E-state index in [0.29, 0.717) is 38.9 Å². The van der Waals surface area contributed by atoms with Crippen molar-refractivity contribution in [2.45, 2.75) is 31.4 Å². The molecule has 25 heavy (non-hydrogen) atoms. The van der Waals surface area contributed by atoms with Crippen LogP contribution in [0, 0.1) is 0 Å². The van der Waals surface area contributed by atoms with Gasteiger partial charge in [0.2, 0.25) is 0 Å². The van der Waals surface area contributed by atoms with Crippen LogP contribution in [0.4, 0.5) is 0 Å². The van der Waals surface area contributed by atoms with Gasteiger partial charge in [0.25, 0.3) is 10.2 Å². The summed E-state index contributed by atoms with van der Waals surface area (Å²) in [6, 6.07) is 8.73. The minimum atomic E-state index is -3.55. The van der Waals surface area contributed by atoms with Crippen molar-refractivity contribution in [1.29, 1.82) is 0 Å². The van der Waals surface area contributed by atoms with Gasteiger partial charge < -0.3 is 10.0 Å². The van der Waals surface area contributed by atoms with Crippen LogP contribution >= 0.6 is 0 Å². The molecule has 0 aromatic heterocycles. The smallest absolute Gasteiger partial charge is 0.279 e. The Hall–Kier alpha value is -1.32. The number of likely N-dealkylation sites (tertiary alicyclic amines) is 1. The Kier molecular flexibility index (Phi) is 7.09. The topological polar surface area (TPSA) is 90.0 Å². The van der Waals surface area contributed by atoms with Crippen molar-refractivity contribution in [3.63, 3.8) is 0 Å². The van der Waals surface area contributed by atoms with E-state index < -0.39 is 22.4 Å². The first-order valence-corrected chi connectivity index (χ1v) is 9.92. The monoisotopic (exact) mass is 369 g/mol. The number of nitrogens with one attached hydrogen (secondary N) is 1. The molecule has 1 fully saturated rings. The van der Waals surface area contributed by atoms with Gasteiger partial charge in [-0.15, -0.1) is 0 Å². The number of β-amino-alcohol motifs (C(OH)–C–C–N with tert-alkyl or cyclic N) is 1. The van der Waals surface area contributed by atoms with Gasteiger partial charge in [-0.1, -0.05) is 30.3 Å². The van der Waals surface area contributed by atoms with Crippen LogP contribution in [0.15, 0.2) is 30.3 Å². The van der Waals surface area contributed by atoms with E-state index in [1.54, 1.807) is 0 Å². The van der Waals surface area contributed by atoms with Gasteiger partial charge in [-0.25, -0.2) is 0 Å². The molecule has 1 aromatic rings. The molecule has 0 amide bonds. The summed E-state index contributed by atoms with van der Waals surface area (Å²) < 4.78 is 27.3. The summed E-state index contributed by atoms with van der Waals surface area (Å²) in [5, 5.41) is 10.2. The average molecular weight is 369 g/mol. The van der Waals surface area contributed by atoms with Crippen molar-refractivity contribution in [3.8, 4) is 0 Å². The minimum absolute atomic E-state index is 0.120. The predicted molar refractivity (Wildman–Crippen MR) is 96.6 cm³/mol. The molecule has 0 radical (unpaired) electrons. The summed E-state index contributed by atoms with van der Waals surface area (Å²) in [4.78, 5) is 14.1. The number of rotatable bonds is 8. The van der Waals surface area contributed by atoms with E-state index in [-0.39, 0.29) is 5.78 Å². The predicted octanol–water partition coefficient (Wildman–Crippen LogP) is 0.481. The largest absolute Gasteiger partial charge is 0.390 e. The first-order valence-electron chi connectivity index (χ1n) is 8.48. The highest BCUT2D eigenvalue weighted by Gasteiger charge is 2.31. The fourth-order valence-corrected chi connectivity index (χ4v) is 3.73. The maximum Gasteiger partial charge on any atom is 0.279 e. The normalized spacial score (nSPS) is 22.2. The molecule has 0 aliphatic carbocycles. The van der Waals surface area contributed by atoms with Crippen molar-refractivity contribution in [3.05, 3.63) is 35.9 Å². The SMILES string of the molecule is CN(C)S(=O)(=O)N[C@@H]1CCN(CCCC(=O)c2ccccc2)C[C@H]1O. The summed E-state index contributed by atoms with van der Waals surface area (Å²) >= 11 is 0. The molecule has 7 nitrogen and oxygen atoms in total. The number of carbonyl (C=O) groups excluding carboxylic acids is 1. The highest BCUT2D eigenvalue weighted by atomic mass is 32.2. The van der Waals surface area contributed by atoms with Crippen LogP contribution in [0.1, 0.15) is 29.6 Å². The zero-order chi connectivity index (χ0) is 18.4. The van der Waals surface area contributed by atoms with Crippen molar-refractivity contribution in [1.82, 2.24) is 13.9 Å². The zero-order valence-electron chi connectivity index (χ0n) is 14.8. The Bertz CT molecular complexity index is 664. The van der Waals surface area contributed by atoms with E-state index in [4.69, 9.17) is 0 Å². The summed E-state index contributed by atoms with van der Waals surface area (Å²) in [7, 11) is -0.643. The van der Waals surface area contributed by atoms with Crippen LogP contribution in [-0.2, 0) is 10.2 Å². The Morgan fingerprint density at radius 3 is 2.60 bits per heavy atom. The molecular weight excluding hydrogens is 342 g/mol. The number of benzene rings is 1. The minimum Gasteiger partial charge on any atom is -0.390 e. The third-order valence-electron chi connectivity index (χ3n) is 4.42. The molecular formula is C17H27N3O4S. The van der Waals surface area contributed by atoms with Crippen LogP contribution in [0.5, 0.6) is 0 Å². The number of aliphatic hydroxyl groups excluding tert-OH is 1. The number of nitrogens with zero attached hydrogens (tertiary/aromatic N) is 2. The van der Waals surface area contributed by atoms with Crippen LogP contribution < -0.4 is 4.72 Å². The molecule has 1 aromatic carbocycles. The molecule has 1 heterocycles. The number of Topliss-reactive ketones (excluding diaryl/α,β-unsaturated/α-hetero) is 1. The fraction of sp³-hybridized carbons (Fsp3) is 0.588. The zero-order valence-corrected chi connectivity index (χ0v) is 15.6. The molecule has 140 valence electrons. The second-order valence-corrected chi connectivity index (χ2v) is 8.48. The molecule has 0 bridgehead atoms. The van der Waals surface area contributed by atoms with Crippen LogP contribution in [0.25, 0.3) is 0 Å². The van der Waals surface area contributed by atoms with Gasteiger partial charge in [-0.3, -0.25) is 4.79 Å². The maximum atomic E-state index is 12.1. The summed E-state index contributed by atoms with van der Waals surface area (Å²) in [5.74, 6) is 0.120. The van der Waals surface area contributed by atoms with Crippen LogP contribution in [-0.4, -0.2) is 74.4 Å². The molecule has 0 unspecified atom stereocenters. The second kappa shape index (κ2) is 8.86. The summed E-state index contributed by atoms with van der Waals surface area (Å²) in [6.07, 6.45) is 0.969. The lowest BCUT2D eigenvalue weighted by Crippen LogP contribution is -2.55. The highest BCUT2D eigenvalue weighted by molar-refractivity contribution is 7.87. The number of aliphatic hydroxyl groups is 1. The van der Waals surface area contributed by atoms with Crippen molar-refractivity contribution in [2.75, 3.05) is 33.7 Å². The molecule has 8 heteroatoms. The van der Waals surface area contributed by atoms with E-state index in [1.165, 1.54) is 14.1 Å². The van der Waals surface area contributed by atoms with E-state index in [0.717, 1.165) is 9.87 Å². The van der Waals surface area contributed by atoms with E-state index >= 15 is 0 Å². The van der Waals surface area contributed by atoms with Crippen LogP contribution in [0.3, 0.4) is 0 Å². The molecule has 2 N–H and O–H groups in total. The summed E-state index contributed by atoms with van der Waals surface area (Å²) in [5.41, 5.74) is 0.722. The Labute approximate surface area is 149 Å². The van der Waals surface area contributed by atoms with Gasteiger partial charge in [0, 0.05) is 32.6 Å². The van der Waals surface area contributed by atoms with Gasteiger partial charge >= 0.3 is 0 Å². The first-order chi connectivity index (χ1) is 11.8. The lowest BCUT2D eigenvalue weighted by Gasteiger charge is -2.36. The van der Waals surface area contributed by atoms with Crippen molar-refractivity contribution in [2.24, 2.45) is 0 Å². The number of ketones is 1. The van der Waals surface area contributed by atoms with Crippen molar-refractivity contribution < 1.29 is 18.3 Å². The molecule has 0 saturated carbocycles. The Morgan fingerprint density at radius 2 is 2.00 bits per heavy atom. The molecule has 1 aliphatic rings. The fourth-order valence-electron chi connectivity index (χ4n) is 2.87. The lowest BCUT2D eigenvalue weighted by molar-refractivity contribution is 0.0469. The number of hydrogen-bond acceptors (Lipinski definition) is 5. The quantitative estimate of drug-likeness (QED) is 0.651. The van der Waals surface area contributed by atoms with Gasteiger partial charge in [0.1, 0.15) is 0 Å². The van der Waals surface area contributed by atoms with Gasteiger partial charge in [-0.05, 0) is 25.9 Å². The Balaban J connectivity index is 1.75. The number of hydrogen-bond donors (Lipinski definition) is 2. The van der Waals surface area contributed by atoms with Gasteiger partial charge in [0.15, 0.2) is 5.78 Å². The van der Waals surface area contributed by atoms with Crippen LogP contribution in [0.2, 0.25) is 0 Å². The standard InChI is InChI=1S/C17H27N3O4S/c1-19(2)25(23,24)18-15-10-12-20(13-17(15)22)11-6-9-16(21)14-7-4-3-5-8-14/h3-5,7-8,15,17-18,22H,6,9-13H2,1-2H3/t15-,17-/m1/s1. The first kappa shape index (κ1) is 20.0. The van der Waals surface area contributed by atoms with Gasteiger partial charge in [-0.2, -0.15) is 17.4 Å². The number of carbonyl (C=O) groups is 1. The molecule has 2 rings (SSSR count). The third-order valence-corrected chi connectivity index (χ3v) is 5.98. The summed E-state index contributed by atoms with van der Waals surface area (Å²) in [6.45, 7) is 1.81. The molecule has 2 atom stereocenters. The molecule has 0 spiro atoms.